The van der Waals surface area contributed by atoms with Gasteiger partial charge in [0.2, 0.25) is 0 Å². The Morgan fingerprint density at radius 2 is 0.844 bits per heavy atom. The monoisotopic (exact) mass is 494 g/mol. The minimum Gasteiger partial charge on any atom is -0.287 e. The van der Waals surface area contributed by atoms with Gasteiger partial charge in [0.05, 0.1) is 8.47 Å². The third-order valence-corrected chi connectivity index (χ3v) is 12.5. The largest absolute Gasteiger partial charge is 0.287 e. The molecule has 4 aliphatic rings. The van der Waals surface area contributed by atoms with Gasteiger partial charge in [-0.25, -0.2) is 0 Å². The molecule has 0 radical (unpaired) electrons. The van der Waals surface area contributed by atoms with Crippen LogP contribution in [0, 0.1) is 0 Å². The van der Waals surface area contributed by atoms with Crippen LogP contribution >= 0.6 is 47.0 Å². The molecule has 4 heterocycles. The van der Waals surface area contributed by atoms with Crippen LogP contribution in [-0.4, -0.2) is 36.0 Å². The molecule has 4 aliphatic heterocycles. The molecule has 0 amide bonds. The molecular weight excluding hydrogens is 469 g/mol. The van der Waals surface area contributed by atoms with Gasteiger partial charge in [0, 0.05) is 57.9 Å². The van der Waals surface area contributed by atoms with Gasteiger partial charge in [0.25, 0.3) is 0 Å². The smallest absolute Gasteiger partial charge is 0.0700 e. The summed E-state index contributed by atoms with van der Waals surface area (Å²) >= 11 is 8.14. The van der Waals surface area contributed by atoms with E-state index in [1.54, 1.807) is 19.6 Å². The minimum absolute atomic E-state index is 0.470. The van der Waals surface area contributed by atoms with Crippen molar-refractivity contribution in [3.8, 4) is 0 Å². The highest BCUT2D eigenvalue weighted by Crippen LogP contribution is 2.62. The summed E-state index contributed by atoms with van der Waals surface area (Å²) < 4.78 is 3.04. The van der Waals surface area contributed by atoms with Crippen molar-refractivity contribution < 1.29 is 0 Å². The van der Waals surface area contributed by atoms with Gasteiger partial charge in [-0.1, -0.05) is 108 Å². The third-order valence-electron chi connectivity index (χ3n) is 6.70. The molecule has 6 heteroatoms. The summed E-state index contributed by atoms with van der Waals surface area (Å²) in [5.41, 5.74) is 2.83. The predicted molar refractivity (Wildman–Crippen MR) is 144 cm³/mol. The molecule has 2 atom stereocenters. The molecule has 164 valence electrons. The number of thioether (sulfide) groups is 4. The van der Waals surface area contributed by atoms with E-state index in [1.165, 1.54) is 19.6 Å². The molecule has 0 fully saturated rings. The van der Waals surface area contributed by atoms with Gasteiger partial charge in [-0.3, -0.25) is 9.80 Å². The Bertz CT molecular complexity index is 994. The summed E-state index contributed by atoms with van der Waals surface area (Å²) in [7, 11) is 0. The number of hydrogen-bond acceptors (Lipinski definition) is 6. The van der Waals surface area contributed by atoms with Crippen molar-refractivity contribution >= 4 is 47.0 Å². The van der Waals surface area contributed by atoms with Gasteiger partial charge >= 0.3 is 0 Å². The maximum absolute atomic E-state index is 2.61. The van der Waals surface area contributed by atoms with E-state index in [9.17, 15) is 0 Å². The third kappa shape index (κ3) is 4.04. The lowest BCUT2D eigenvalue weighted by Crippen LogP contribution is -2.25. The van der Waals surface area contributed by atoms with Crippen LogP contribution in [0.4, 0.5) is 0 Å². The first kappa shape index (κ1) is 21.5. The number of benzene rings is 2. The Balaban J connectivity index is 1.06. The van der Waals surface area contributed by atoms with E-state index in [2.05, 4.69) is 84.3 Å². The summed E-state index contributed by atoms with van der Waals surface area (Å²) in [6.45, 7) is 9.03. The van der Waals surface area contributed by atoms with E-state index in [4.69, 9.17) is 0 Å². The summed E-state index contributed by atoms with van der Waals surface area (Å²) in [5.74, 6) is 0. The van der Waals surface area contributed by atoms with E-state index in [0.717, 1.165) is 26.2 Å². The SMILES string of the molecule is C[C@@H](c1ccccc1)N1CC2=C(C1)SC(=C1SC3=C(CN([C@@H](C)c4ccccc4)C3)S1)S2. The van der Waals surface area contributed by atoms with Crippen LogP contribution in [0.3, 0.4) is 0 Å². The molecule has 2 nitrogen and oxygen atoms in total. The van der Waals surface area contributed by atoms with Gasteiger partial charge in [-0.2, -0.15) is 0 Å². The maximum Gasteiger partial charge on any atom is 0.0700 e. The van der Waals surface area contributed by atoms with Crippen molar-refractivity contribution in [1.29, 1.82) is 0 Å². The summed E-state index contributed by atoms with van der Waals surface area (Å²) in [4.78, 5) is 11.5. The molecule has 0 unspecified atom stereocenters. The summed E-state index contributed by atoms with van der Waals surface area (Å²) in [6, 6.07) is 22.8. The molecule has 0 saturated heterocycles. The van der Waals surface area contributed by atoms with Crippen LogP contribution in [0.25, 0.3) is 0 Å². The molecule has 0 bridgehead atoms. The molecule has 0 spiro atoms. The molecule has 2 aromatic rings. The first-order valence-corrected chi connectivity index (χ1v) is 14.4. The van der Waals surface area contributed by atoms with Crippen LogP contribution in [0.5, 0.6) is 0 Å². The average molecular weight is 495 g/mol. The predicted octanol–water partition coefficient (Wildman–Crippen LogP) is 7.65. The normalized spacial score (nSPS) is 23.3. The van der Waals surface area contributed by atoms with Crippen molar-refractivity contribution in [2.45, 2.75) is 25.9 Å². The second-order valence-corrected chi connectivity index (χ2v) is 13.6. The standard InChI is InChI=1S/C26H26N2S4/c1-17(19-9-5-3-6-10-19)27-13-21-22(14-27)30-25(29-21)26-31-23-15-28(16-24(23)32-26)18(2)20-11-7-4-8-12-20/h3-12,17-18H,13-16H2,1-2H3/t17-,18-/m0/s1. The Kier molecular flexibility index (Phi) is 6.03. The van der Waals surface area contributed by atoms with Crippen LogP contribution in [-0.2, 0) is 0 Å². The maximum atomic E-state index is 2.61. The van der Waals surface area contributed by atoms with Crippen molar-refractivity contribution in [3.63, 3.8) is 0 Å². The van der Waals surface area contributed by atoms with Gasteiger partial charge in [-0.05, 0) is 25.0 Å². The molecule has 6 rings (SSSR count). The van der Waals surface area contributed by atoms with E-state index >= 15 is 0 Å². The highest BCUT2D eigenvalue weighted by atomic mass is 32.2. The molecule has 0 saturated carbocycles. The fraction of sp³-hybridized carbons (Fsp3) is 0.308. The lowest BCUT2D eigenvalue weighted by molar-refractivity contribution is 0.272. The highest BCUT2D eigenvalue weighted by Gasteiger charge is 2.38. The van der Waals surface area contributed by atoms with Crippen molar-refractivity contribution in [3.05, 3.63) is 99.9 Å². The fourth-order valence-corrected chi connectivity index (χ4v) is 10.6. The molecule has 0 aromatic heterocycles. The first-order chi connectivity index (χ1) is 15.7. The zero-order valence-electron chi connectivity index (χ0n) is 18.3. The van der Waals surface area contributed by atoms with Crippen molar-refractivity contribution in [2.75, 3.05) is 26.2 Å². The molecule has 0 aliphatic carbocycles. The highest BCUT2D eigenvalue weighted by molar-refractivity contribution is 8.34. The van der Waals surface area contributed by atoms with E-state index in [0.29, 0.717) is 12.1 Å². The molecular formula is C26H26N2S4. The van der Waals surface area contributed by atoms with E-state index in [-0.39, 0.29) is 0 Å². The fourth-order valence-electron chi connectivity index (χ4n) is 4.65. The zero-order valence-corrected chi connectivity index (χ0v) is 21.6. The number of hydrogen-bond donors (Lipinski definition) is 0. The van der Waals surface area contributed by atoms with E-state index in [1.807, 2.05) is 47.0 Å². The van der Waals surface area contributed by atoms with Gasteiger partial charge in [0.15, 0.2) is 0 Å². The summed E-state index contributed by atoms with van der Waals surface area (Å²) in [5, 5.41) is 0. The van der Waals surface area contributed by atoms with Crippen LogP contribution in [0.15, 0.2) is 88.8 Å². The van der Waals surface area contributed by atoms with Crippen molar-refractivity contribution in [1.82, 2.24) is 9.80 Å². The summed E-state index contributed by atoms with van der Waals surface area (Å²) in [6.07, 6.45) is 0. The number of nitrogens with zero attached hydrogens (tertiary/aromatic N) is 2. The Morgan fingerprint density at radius 3 is 1.16 bits per heavy atom. The van der Waals surface area contributed by atoms with Gasteiger partial charge in [-0.15, -0.1) is 0 Å². The molecule has 2 aromatic carbocycles. The molecule has 0 N–H and O–H groups in total. The number of rotatable bonds is 4. The van der Waals surface area contributed by atoms with E-state index < -0.39 is 0 Å². The van der Waals surface area contributed by atoms with Gasteiger partial charge in [0.1, 0.15) is 0 Å². The minimum atomic E-state index is 0.470. The molecule has 32 heavy (non-hydrogen) atoms. The van der Waals surface area contributed by atoms with Crippen LogP contribution in [0.2, 0.25) is 0 Å². The Labute approximate surface area is 208 Å². The second-order valence-electron chi connectivity index (χ2n) is 8.66. The lowest BCUT2D eigenvalue weighted by Gasteiger charge is -2.26. The first-order valence-electron chi connectivity index (χ1n) is 11.1. The zero-order chi connectivity index (χ0) is 21.7. The quantitative estimate of drug-likeness (QED) is 0.427. The average Bonchev–Trinajstić information content (AvgIpc) is 3.58. The lowest BCUT2D eigenvalue weighted by atomic mass is 10.1. The topological polar surface area (TPSA) is 6.48 Å². The second kappa shape index (κ2) is 8.97. The van der Waals surface area contributed by atoms with Crippen LogP contribution < -0.4 is 0 Å². The van der Waals surface area contributed by atoms with Gasteiger partial charge < -0.3 is 0 Å². The Hall–Kier alpha value is -1.02. The van der Waals surface area contributed by atoms with Crippen LogP contribution in [0.1, 0.15) is 37.1 Å². The Morgan fingerprint density at radius 1 is 0.531 bits per heavy atom. The van der Waals surface area contributed by atoms with Crippen molar-refractivity contribution in [2.24, 2.45) is 0 Å².